The largest absolute Gasteiger partial charge is 0.473 e. The number of likely N-dealkylation sites (N-methyl/N-ethyl adjacent to an activating group) is 2. The lowest BCUT2D eigenvalue weighted by Crippen LogP contribution is -2.25. The van der Waals surface area contributed by atoms with Gasteiger partial charge < -0.3 is 30.2 Å². The Hall–Kier alpha value is -2.90. The van der Waals surface area contributed by atoms with Crippen LogP contribution in [-0.2, 0) is 19.2 Å². The van der Waals surface area contributed by atoms with Gasteiger partial charge >= 0.3 is 23.9 Å². The van der Waals surface area contributed by atoms with Crippen LogP contribution in [-0.4, -0.2) is 123 Å². The summed E-state index contributed by atoms with van der Waals surface area (Å²) < 4.78 is 18.2. The number of rotatable bonds is 8. The molecule has 0 atom stereocenters. The summed E-state index contributed by atoms with van der Waals surface area (Å²) in [5.41, 5.74) is 4.85. The molecule has 0 aliphatic carbocycles. The number of hydrogen-bond acceptors (Lipinski definition) is 14. The van der Waals surface area contributed by atoms with Crippen molar-refractivity contribution in [2.75, 3.05) is 51.8 Å². The van der Waals surface area contributed by atoms with Crippen molar-refractivity contribution in [1.29, 1.82) is 0 Å². The number of aromatic nitrogens is 4. The molecule has 0 unspecified atom stereocenters. The van der Waals surface area contributed by atoms with E-state index in [1.54, 1.807) is 0 Å². The van der Waals surface area contributed by atoms with E-state index in [9.17, 15) is 0 Å². The highest BCUT2D eigenvalue weighted by Crippen LogP contribution is 2.31. The van der Waals surface area contributed by atoms with Crippen LogP contribution in [0.15, 0.2) is 22.2 Å². The fourth-order valence-corrected chi connectivity index (χ4v) is 6.95. The van der Waals surface area contributed by atoms with E-state index in [1.807, 2.05) is 23.5 Å². The van der Waals surface area contributed by atoms with Gasteiger partial charge in [0.05, 0.1) is 23.5 Å². The minimum Gasteiger partial charge on any atom is -0.473 e. The van der Waals surface area contributed by atoms with E-state index in [1.165, 1.54) is 34.6 Å². The van der Waals surface area contributed by atoms with Gasteiger partial charge in [0.1, 0.15) is 21.4 Å². The summed E-state index contributed by atoms with van der Waals surface area (Å²) in [5.74, 6) is -5.20. The van der Waals surface area contributed by atoms with Gasteiger partial charge in [-0.3, -0.25) is 0 Å². The van der Waals surface area contributed by atoms with Crippen molar-refractivity contribution in [1.82, 2.24) is 27.3 Å². The number of hydrogen-bond donors (Lipinski definition) is 4. The molecule has 2 aromatic rings. The molecule has 224 valence electrons. The lowest BCUT2D eigenvalue weighted by atomic mass is 10.1. The van der Waals surface area contributed by atoms with E-state index in [-0.39, 0.29) is 0 Å². The molecule has 4 N–H and O–H groups in total. The van der Waals surface area contributed by atoms with Crippen molar-refractivity contribution >= 4 is 82.0 Å². The minimum absolute atomic E-state index is 0.972. The Morgan fingerprint density at radius 2 is 1.07 bits per heavy atom. The first-order valence-electron chi connectivity index (χ1n) is 12.1. The average molecular weight is 647 g/mol. The normalized spacial score (nSPS) is 15.4. The van der Waals surface area contributed by atoms with E-state index in [2.05, 4.69) is 53.5 Å². The second kappa shape index (κ2) is 17.8. The van der Waals surface area contributed by atoms with Crippen LogP contribution >= 0.6 is 47.0 Å². The summed E-state index contributed by atoms with van der Waals surface area (Å²) in [4.78, 5) is 41.1. The summed E-state index contributed by atoms with van der Waals surface area (Å²) in [5, 5.41) is 31.7. The minimum atomic E-state index is -1.82. The molecule has 18 heteroatoms. The molecule has 0 amide bonds. The topological polar surface area (TPSA) is 207 Å². The standard InChI is InChI=1S/C19H26N6S4.2C2H2O4/c1-24-8-3-6-14(12-24)16-18(22-28-20-16)26-10-5-11-27-19-17(21-29-23-19)15-7-4-9-25(2)13-15;2*3-1(4)2(5)6/h6-7H,3-5,8-13H2,1-2H3;2*(H,3,4)(H,5,6). The van der Waals surface area contributed by atoms with Crippen LogP contribution in [0.4, 0.5) is 0 Å². The SMILES string of the molecule is CN1CCC=C(c2nsnc2SCCCSc2nsnc2C2=CCCN(C)C2)C1.O=C(O)C(=O)O.O=C(O)C(=O)O. The molecule has 0 fully saturated rings. The van der Waals surface area contributed by atoms with Gasteiger partial charge in [-0.2, -0.15) is 17.5 Å². The summed E-state index contributed by atoms with van der Waals surface area (Å²) in [7, 11) is 4.33. The molecule has 0 spiro atoms. The summed E-state index contributed by atoms with van der Waals surface area (Å²) in [6.07, 6.45) is 7.96. The van der Waals surface area contributed by atoms with Crippen LogP contribution < -0.4 is 0 Å². The predicted molar refractivity (Wildman–Crippen MR) is 157 cm³/mol. The molecule has 4 rings (SSSR count). The van der Waals surface area contributed by atoms with E-state index >= 15 is 0 Å². The van der Waals surface area contributed by atoms with Crippen molar-refractivity contribution in [2.45, 2.75) is 29.3 Å². The molecule has 41 heavy (non-hydrogen) atoms. The van der Waals surface area contributed by atoms with Crippen LogP contribution in [0.1, 0.15) is 30.7 Å². The number of carboxylic acids is 4. The molecule has 0 saturated heterocycles. The molecule has 0 radical (unpaired) electrons. The Kier molecular flexibility index (Phi) is 14.9. The number of carbonyl (C=O) groups is 4. The van der Waals surface area contributed by atoms with Crippen LogP contribution in [0.5, 0.6) is 0 Å². The zero-order chi connectivity index (χ0) is 30.4. The monoisotopic (exact) mass is 646 g/mol. The smallest absolute Gasteiger partial charge is 0.414 e. The molecule has 0 saturated carbocycles. The lowest BCUT2D eigenvalue weighted by molar-refractivity contribution is -0.159. The fraction of sp³-hybridized carbons (Fsp3) is 0.478. The number of thioether (sulfide) groups is 2. The number of nitrogens with zero attached hydrogens (tertiary/aromatic N) is 6. The third-order valence-electron chi connectivity index (χ3n) is 5.34. The highest BCUT2D eigenvalue weighted by atomic mass is 32.2. The van der Waals surface area contributed by atoms with Gasteiger partial charge in [0, 0.05) is 37.7 Å². The molecule has 2 aliphatic heterocycles. The first kappa shape index (κ1) is 34.3. The lowest BCUT2D eigenvalue weighted by Gasteiger charge is -2.22. The molecule has 14 nitrogen and oxygen atoms in total. The first-order chi connectivity index (χ1) is 19.5. The van der Waals surface area contributed by atoms with Gasteiger partial charge in [0.15, 0.2) is 0 Å². The quantitative estimate of drug-likeness (QED) is 0.184. The van der Waals surface area contributed by atoms with E-state index in [0.29, 0.717) is 0 Å². The van der Waals surface area contributed by atoms with Crippen LogP contribution in [0.25, 0.3) is 11.1 Å². The highest BCUT2D eigenvalue weighted by molar-refractivity contribution is 8.00. The average Bonchev–Trinajstić information content (AvgIpc) is 3.59. The van der Waals surface area contributed by atoms with Gasteiger partial charge in [-0.1, -0.05) is 12.2 Å². The molecule has 4 heterocycles. The maximum Gasteiger partial charge on any atom is 0.414 e. The Bertz CT molecular complexity index is 1150. The van der Waals surface area contributed by atoms with E-state index in [0.717, 1.165) is 78.4 Å². The van der Waals surface area contributed by atoms with Gasteiger partial charge in [-0.15, -0.1) is 23.5 Å². The van der Waals surface area contributed by atoms with Crippen LogP contribution in [0.3, 0.4) is 0 Å². The molecule has 0 bridgehead atoms. The fourth-order valence-electron chi connectivity index (χ4n) is 3.47. The van der Waals surface area contributed by atoms with Gasteiger partial charge in [-0.05, 0) is 44.5 Å². The van der Waals surface area contributed by atoms with Crippen molar-refractivity contribution in [3.63, 3.8) is 0 Å². The molecule has 2 aromatic heterocycles. The zero-order valence-electron chi connectivity index (χ0n) is 22.3. The Labute approximate surface area is 252 Å². The van der Waals surface area contributed by atoms with Gasteiger partial charge in [-0.25, -0.2) is 19.2 Å². The van der Waals surface area contributed by atoms with Gasteiger partial charge in [0.2, 0.25) is 0 Å². The van der Waals surface area contributed by atoms with Crippen molar-refractivity contribution < 1.29 is 39.6 Å². The summed E-state index contributed by atoms with van der Waals surface area (Å²) in [6.45, 7) is 4.20. The van der Waals surface area contributed by atoms with Crippen molar-refractivity contribution in [3.05, 3.63) is 23.5 Å². The number of carboxylic acid groups (broad SMARTS) is 4. The molecule has 0 aromatic carbocycles. The maximum atomic E-state index is 9.10. The van der Waals surface area contributed by atoms with Crippen molar-refractivity contribution in [3.8, 4) is 0 Å². The first-order valence-corrected chi connectivity index (χ1v) is 15.5. The molecule has 2 aliphatic rings. The van der Waals surface area contributed by atoms with Crippen LogP contribution in [0.2, 0.25) is 0 Å². The van der Waals surface area contributed by atoms with Gasteiger partial charge in [0.25, 0.3) is 0 Å². The molecular weight excluding hydrogens is 617 g/mol. The Balaban J connectivity index is 0.000000413. The third-order valence-corrected chi connectivity index (χ3v) is 8.73. The van der Waals surface area contributed by atoms with E-state index in [4.69, 9.17) is 39.6 Å². The zero-order valence-corrected chi connectivity index (χ0v) is 25.5. The Morgan fingerprint density at radius 1 is 0.707 bits per heavy atom. The summed E-state index contributed by atoms with van der Waals surface area (Å²) in [6, 6.07) is 0. The third kappa shape index (κ3) is 12.2. The molecular formula is C23H30N6O8S4. The van der Waals surface area contributed by atoms with Crippen molar-refractivity contribution in [2.24, 2.45) is 0 Å². The van der Waals surface area contributed by atoms with Crippen LogP contribution in [0, 0.1) is 0 Å². The second-order valence-corrected chi connectivity index (χ2v) is 11.8. The Morgan fingerprint density at radius 3 is 1.39 bits per heavy atom. The number of aliphatic carboxylic acids is 4. The maximum absolute atomic E-state index is 9.10. The second-order valence-electron chi connectivity index (χ2n) is 8.62. The highest BCUT2D eigenvalue weighted by Gasteiger charge is 2.19. The predicted octanol–water partition coefficient (Wildman–Crippen LogP) is 2.41. The van der Waals surface area contributed by atoms with E-state index < -0.39 is 23.9 Å². The summed E-state index contributed by atoms with van der Waals surface area (Å²) >= 11 is 6.32.